The van der Waals surface area contributed by atoms with Crippen LogP contribution < -0.4 is 10.2 Å². The summed E-state index contributed by atoms with van der Waals surface area (Å²) >= 11 is 1.60. The summed E-state index contributed by atoms with van der Waals surface area (Å²) in [4.78, 5) is 29.6. The summed E-state index contributed by atoms with van der Waals surface area (Å²) in [5, 5.41) is 6.65. The normalized spacial score (nSPS) is 17.3. The number of benzene rings is 3. The van der Waals surface area contributed by atoms with Crippen LogP contribution in [0, 0.1) is 5.92 Å². The summed E-state index contributed by atoms with van der Waals surface area (Å²) < 4.78 is 33.5. The molecule has 1 atom stereocenters. The Labute approximate surface area is 243 Å². The molecule has 0 bridgehead atoms. The first-order valence-corrected chi connectivity index (χ1v) is 16.0. The van der Waals surface area contributed by atoms with Crippen molar-refractivity contribution >= 4 is 55.3 Å². The Morgan fingerprint density at radius 1 is 1.07 bits per heavy atom. The van der Waals surface area contributed by atoms with Gasteiger partial charge in [-0.1, -0.05) is 30.3 Å². The number of nitrogens with zero attached hydrogens (tertiary/aromatic N) is 2. The second kappa shape index (κ2) is 11.4. The molecule has 8 nitrogen and oxygen atoms in total. The number of amides is 2. The smallest absolute Gasteiger partial charge is 0.258 e. The fourth-order valence-electron chi connectivity index (χ4n) is 5.74. The number of sulfonamides is 1. The van der Waals surface area contributed by atoms with Gasteiger partial charge in [-0.3, -0.25) is 9.59 Å². The average Bonchev–Trinajstić information content (AvgIpc) is 3.63. The van der Waals surface area contributed by atoms with Crippen LogP contribution in [-0.2, 0) is 19.6 Å². The molecule has 0 aliphatic carbocycles. The molecule has 0 radical (unpaired) electrons. The van der Waals surface area contributed by atoms with E-state index in [2.05, 4.69) is 5.32 Å². The number of carbonyl (C=O) groups excluding carboxylic acids is 2. The number of hydrogen-bond donors (Lipinski definition) is 1. The third-order valence-corrected chi connectivity index (χ3v) is 10.6. The molecule has 6 rings (SSSR count). The number of piperidine rings is 1. The Hall–Kier alpha value is -3.57. The van der Waals surface area contributed by atoms with Crippen molar-refractivity contribution < 1.29 is 22.7 Å². The van der Waals surface area contributed by atoms with Crippen molar-refractivity contribution in [3.05, 3.63) is 77.7 Å². The minimum atomic E-state index is -3.74. The Morgan fingerprint density at radius 2 is 1.90 bits per heavy atom. The lowest BCUT2D eigenvalue weighted by Crippen LogP contribution is -2.43. The molecule has 3 aromatic carbocycles. The first kappa shape index (κ1) is 27.6. The van der Waals surface area contributed by atoms with Crippen LogP contribution in [0.25, 0.3) is 21.2 Å². The van der Waals surface area contributed by atoms with Crippen molar-refractivity contribution in [1.29, 1.82) is 0 Å². The summed E-state index contributed by atoms with van der Waals surface area (Å²) in [5.74, 6) is -0.763. The van der Waals surface area contributed by atoms with Gasteiger partial charge in [-0.05, 0) is 66.6 Å². The predicted molar refractivity (Wildman–Crippen MR) is 162 cm³/mol. The van der Waals surface area contributed by atoms with Crippen LogP contribution in [0.1, 0.15) is 29.6 Å². The molecule has 1 N–H and O–H groups in total. The highest BCUT2D eigenvalue weighted by Crippen LogP contribution is 2.41. The molecule has 212 valence electrons. The molecule has 2 amide bonds. The molecule has 3 heterocycles. The van der Waals surface area contributed by atoms with Crippen molar-refractivity contribution in [1.82, 2.24) is 4.31 Å². The molecule has 4 aromatic rings. The van der Waals surface area contributed by atoms with Crippen LogP contribution in [0.3, 0.4) is 0 Å². The van der Waals surface area contributed by atoms with E-state index in [1.165, 1.54) is 4.31 Å². The van der Waals surface area contributed by atoms with Gasteiger partial charge >= 0.3 is 0 Å². The van der Waals surface area contributed by atoms with Gasteiger partial charge in [-0.15, -0.1) is 11.3 Å². The summed E-state index contributed by atoms with van der Waals surface area (Å²) in [5.41, 5.74) is 3.03. The van der Waals surface area contributed by atoms with Crippen LogP contribution in [-0.4, -0.2) is 57.9 Å². The van der Waals surface area contributed by atoms with E-state index < -0.39 is 15.9 Å². The maximum absolute atomic E-state index is 13.5. The van der Waals surface area contributed by atoms with E-state index in [-0.39, 0.29) is 23.3 Å². The molecule has 1 saturated heterocycles. The molecular weight excluding hydrogens is 558 g/mol. The fourth-order valence-corrected chi connectivity index (χ4v) is 7.99. The molecule has 0 spiro atoms. The number of thiophene rings is 1. The Bertz CT molecular complexity index is 1700. The predicted octanol–water partition coefficient (Wildman–Crippen LogP) is 5.60. The summed E-state index contributed by atoms with van der Waals surface area (Å²) in [6, 6.07) is 20.1. The second-order valence-corrected chi connectivity index (χ2v) is 13.2. The first-order valence-electron chi connectivity index (χ1n) is 13.7. The SMILES string of the molecule is COCCCN1C(=O)c2cccc3c(NC(=O)C4CCCN(S(=O)(=O)c5ccc(-c6cccs6)cc5)C4)ccc1c23. The molecular formula is C31H31N3O5S2. The van der Waals surface area contributed by atoms with Gasteiger partial charge in [0.25, 0.3) is 5.91 Å². The number of hydrogen-bond acceptors (Lipinski definition) is 6. The monoisotopic (exact) mass is 589 g/mol. The maximum atomic E-state index is 13.5. The minimum absolute atomic E-state index is 0.0540. The minimum Gasteiger partial charge on any atom is -0.385 e. The van der Waals surface area contributed by atoms with Gasteiger partial charge in [0.15, 0.2) is 0 Å². The number of nitrogens with one attached hydrogen (secondary N) is 1. The van der Waals surface area contributed by atoms with Crippen LogP contribution >= 0.6 is 11.3 Å². The Balaban J connectivity index is 1.19. The van der Waals surface area contributed by atoms with Gasteiger partial charge in [-0.25, -0.2) is 8.42 Å². The van der Waals surface area contributed by atoms with Crippen molar-refractivity contribution in [2.45, 2.75) is 24.2 Å². The fraction of sp³-hybridized carbons (Fsp3) is 0.290. The number of anilines is 2. The van der Waals surface area contributed by atoms with E-state index in [0.717, 1.165) is 33.3 Å². The lowest BCUT2D eigenvalue weighted by atomic mass is 9.98. The first-order chi connectivity index (χ1) is 19.9. The number of ether oxygens (including phenoxy) is 1. The molecule has 2 aliphatic rings. The Kier molecular flexibility index (Phi) is 7.65. The van der Waals surface area contributed by atoms with Gasteiger partial charge in [-0.2, -0.15) is 4.31 Å². The summed E-state index contributed by atoms with van der Waals surface area (Å²) in [7, 11) is -2.10. The lowest BCUT2D eigenvalue weighted by Gasteiger charge is -2.31. The Morgan fingerprint density at radius 3 is 2.66 bits per heavy atom. The van der Waals surface area contributed by atoms with Crippen molar-refractivity contribution in [2.24, 2.45) is 5.92 Å². The molecule has 10 heteroatoms. The molecule has 1 fully saturated rings. The molecule has 2 aliphatic heterocycles. The zero-order valence-corrected chi connectivity index (χ0v) is 24.3. The largest absolute Gasteiger partial charge is 0.385 e. The third kappa shape index (κ3) is 5.17. The van der Waals surface area contributed by atoms with Gasteiger partial charge in [0, 0.05) is 60.3 Å². The second-order valence-electron chi connectivity index (χ2n) is 10.4. The molecule has 41 heavy (non-hydrogen) atoms. The van der Waals surface area contributed by atoms with Gasteiger partial charge in [0.2, 0.25) is 15.9 Å². The van der Waals surface area contributed by atoms with E-state index in [9.17, 15) is 18.0 Å². The molecule has 0 saturated carbocycles. The van der Waals surface area contributed by atoms with E-state index in [0.29, 0.717) is 43.8 Å². The standard InChI is InChI=1S/C31H31N3O5S2/c1-39-18-5-17-34-27-15-14-26(24-7-2-8-25(29(24)27)31(34)36)32-30(35)22-6-3-16-33(20-22)41(37,38)23-12-10-21(11-13-23)28-9-4-19-40-28/h2,4,7-15,19,22H,3,5-6,16-18,20H2,1H3,(H,32,35). The number of methoxy groups -OCH3 is 1. The van der Waals surface area contributed by atoms with Crippen LogP contribution in [0.4, 0.5) is 11.4 Å². The van der Waals surface area contributed by atoms with E-state index in [4.69, 9.17) is 4.74 Å². The zero-order valence-electron chi connectivity index (χ0n) is 22.7. The quantitative estimate of drug-likeness (QED) is 0.256. The van der Waals surface area contributed by atoms with Crippen molar-refractivity contribution in [2.75, 3.05) is 43.6 Å². The van der Waals surface area contributed by atoms with Crippen LogP contribution in [0.15, 0.2) is 77.0 Å². The highest BCUT2D eigenvalue weighted by atomic mass is 32.2. The third-order valence-electron chi connectivity index (χ3n) is 7.83. The number of rotatable bonds is 9. The van der Waals surface area contributed by atoms with Gasteiger partial charge < -0.3 is 15.0 Å². The van der Waals surface area contributed by atoms with Gasteiger partial charge in [0.05, 0.1) is 16.5 Å². The van der Waals surface area contributed by atoms with E-state index in [1.54, 1.807) is 35.5 Å². The average molecular weight is 590 g/mol. The van der Waals surface area contributed by atoms with Crippen LogP contribution in [0.2, 0.25) is 0 Å². The molecule has 1 unspecified atom stereocenters. The van der Waals surface area contributed by atoms with E-state index >= 15 is 0 Å². The topological polar surface area (TPSA) is 96.0 Å². The molecule has 1 aromatic heterocycles. The van der Waals surface area contributed by atoms with Crippen LogP contribution in [0.5, 0.6) is 0 Å². The van der Waals surface area contributed by atoms with E-state index in [1.807, 2.05) is 60.0 Å². The van der Waals surface area contributed by atoms with Gasteiger partial charge in [0.1, 0.15) is 0 Å². The zero-order chi connectivity index (χ0) is 28.6. The maximum Gasteiger partial charge on any atom is 0.258 e. The van der Waals surface area contributed by atoms with Crippen molar-refractivity contribution in [3.63, 3.8) is 0 Å². The summed E-state index contributed by atoms with van der Waals surface area (Å²) in [6.07, 6.45) is 1.91. The highest BCUT2D eigenvalue weighted by molar-refractivity contribution is 7.89. The summed E-state index contributed by atoms with van der Waals surface area (Å²) in [6.45, 7) is 1.60. The lowest BCUT2D eigenvalue weighted by molar-refractivity contribution is -0.120. The highest BCUT2D eigenvalue weighted by Gasteiger charge is 2.34. The number of carbonyl (C=O) groups is 2. The van der Waals surface area contributed by atoms with Crippen molar-refractivity contribution in [3.8, 4) is 10.4 Å².